The Labute approximate surface area is 263 Å². The van der Waals surface area contributed by atoms with Crippen LogP contribution in [0, 0.1) is 25.2 Å². The zero-order chi connectivity index (χ0) is 27.9. The summed E-state index contributed by atoms with van der Waals surface area (Å²) in [7, 11) is 7.75. The van der Waals surface area contributed by atoms with Crippen molar-refractivity contribution >= 4 is 65.9 Å². The molecule has 1 unspecified atom stereocenters. The molecule has 0 saturated heterocycles. The molecular formula is C35H36Cl2N2SiTi-2. The summed E-state index contributed by atoms with van der Waals surface area (Å²) in [5, 5.41) is 7.74. The number of para-hydroxylation sites is 4. The van der Waals surface area contributed by atoms with E-state index in [9.17, 15) is 0 Å². The summed E-state index contributed by atoms with van der Waals surface area (Å²) in [5.74, 6) is 1.76. The fourth-order valence-electron chi connectivity index (χ4n) is 7.79. The molecule has 3 aliphatic rings. The molecule has 2 nitrogen and oxygen atoms in total. The number of hydrogen-bond donors (Lipinski definition) is 0. The van der Waals surface area contributed by atoms with Crippen molar-refractivity contribution in [3.63, 3.8) is 0 Å². The van der Waals surface area contributed by atoms with E-state index in [1.807, 2.05) is 0 Å². The average molecular weight is 632 g/mol. The van der Waals surface area contributed by atoms with E-state index in [1.165, 1.54) is 39.7 Å². The minimum atomic E-state index is -2.03. The van der Waals surface area contributed by atoms with E-state index >= 15 is 0 Å². The number of halogens is 2. The Hall–Kier alpha value is -2.27. The standard InChI is InChI=1S/C34H33N2Si.CH3.2ClH.Ti/c1-23-22-29-27(26-15-10-13-24-12-4-5-14-25(24)26)16-11-17-28(29)34(23)37(2,3)36-32-20-8-6-18-30(32)35-31-19-7-9-21-33(31)36;;;;/h4-21,23,28-29,34H,22H2,1-3H3;1H3;2*1H;/q2*-1;;;+2/p-2/t23-,28+,29-,34?;;;;/m1..../s1. The van der Waals surface area contributed by atoms with E-state index in [2.05, 4.69) is 134 Å². The Morgan fingerprint density at radius 1 is 0.829 bits per heavy atom. The van der Waals surface area contributed by atoms with Gasteiger partial charge in [0.25, 0.3) is 0 Å². The monoisotopic (exact) mass is 630 g/mol. The van der Waals surface area contributed by atoms with Gasteiger partial charge in [-0.05, 0) is 63.8 Å². The fraction of sp³-hybridized carbons (Fsp3) is 0.229. The molecule has 0 amide bonds. The molecule has 1 saturated carbocycles. The molecule has 0 aromatic heterocycles. The first kappa shape index (κ1) is 30.2. The van der Waals surface area contributed by atoms with Gasteiger partial charge in [0.05, 0.1) is 0 Å². The molecule has 4 aromatic carbocycles. The maximum atomic E-state index is 5.04. The van der Waals surface area contributed by atoms with Gasteiger partial charge in [-0.15, -0.1) is 11.4 Å². The van der Waals surface area contributed by atoms with Crippen molar-refractivity contribution in [1.29, 1.82) is 0 Å². The van der Waals surface area contributed by atoms with Crippen LogP contribution >= 0.6 is 18.6 Å². The van der Waals surface area contributed by atoms with Crippen LogP contribution in [-0.2, 0) is 17.0 Å². The number of benzene rings is 4. The quantitative estimate of drug-likeness (QED) is 0.162. The molecular weight excluding hydrogens is 595 g/mol. The third-order valence-corrected chi connectivity index (χ3v) is 13.3. The average Bonchev–Trinajstić information content (AvgIpc) is 3.32. The third kappa shape index (κ3) is 5.37. The first-order valence-electron chi connectivity index (χ1n) is 14.0. The first-order chi connectivity index (χ1) is 19.5. The van der Waals surface area contributed by atoms with Crippen LogP contribution in [0.5, 0.6) is 0 Å². The summed E-state index contributed by atoms with van der Waals surface area (Å²) in [5.41, 5.74) is 8.32. The van der Waals surface area contributed by atoms with E-state index in [-0.39, 0.29) is 7.43 Å². The molecule has 210 valence electrons. The number of hydrogen-bond acceptors (Lipinski definition) is 1. The van der Waals surface area contributed by atoms with Crippen molar-refractivity contribution in [1.82, 2.24) is 0 Å². The van der Waals surface area contributed by atoms with Gasteiger partial charge in [0, 0.05) is 11.4 Å². The van der Waals surface area contributed by atoms with Crippen LogP contribution in [0.2, 0.25) is 18.6 Å². The Morgan fingerprint density at radius 3 is 2.10 bits per heavy atom. The van der Waals surface area contributed by atoms with Gasteiger partial charge in [-0.2, -0.15) is 0 Å². The van der Waals surface area contributed by atoms with E-state index in [0.717, 1.165) is 11.4 Å². The normalized spacial score (nSPS) is 22.2. The molecule has 0 bridgehead atoms. The zero-order valence-corrected chi connectivity index (χ0v) is 28.1. The first-order valence-corrected chi connectivity index (χ1v) is 21.3. The molecule has 41 heavy (non-hydrogen) atoms. The summed E-state index contributed by atoms with van der Waals surface area (Å²) in [6.45, 7) is 7.71. The Bertz CT molecular complexity index is 1550. The second kappa shape index (κ2) is 12.5. The molecule has 1 aliphatic heterocycles. The van der Waals surface area contributed by atoms with Crippen LogP contribution in [0.1, 0.15) is 18.9 Å². The van der Waals surface area contributed by atoms with Gasteiger partial charge in [-0.25, -0.2) is 0 Å². The molecule has 7 rings (SSSR count). The van der Waals surface area contributed by atoms with Gasteiger partial charge in [-0.3, -0.25) is 0 Å². The Balaban J connectivity index is 0.000000810. The number of rotatable bonds is 3. The van der Waals surface area contributed by atoms with Crippen molar-refractivity contribution in [3.05, 3.63) is 128 Å². The predicted molar refractivity (Wildman–Crippen MR) is 179 cm³/mol. The Morgan fingerprint density at radius 2 is 1.41 bits per heavy atom. The van der Waals surface area contributed by atoms with Crippen LogP contribution in [0.15, 0.2) is 109 Å². The molecule has 6 heteroatoms. The molecule has 4 aromatic rings. The van der Waals surface area contributed by atoms with Gasteiger partial charge >= 0.3 is 35.6 Å². The van der Waals surface area contributed by atoms with Gasteiger partial charge in [0.1, 0.15) is 0 Å². The van der Waals surface area contributed by atoms with Crippen LogP contribution in [-0.4, -0.2) is 8.24 Å². The van der Waals surface area contributed by atoms with Crippen molar-refractivity contribution < 1.29 is 17.0 Å². The summed E-state index contributed by atoms with van der Waals surface area (Å²) < 4.78 is 2.73. The molecule has 4 atom stereocenters. The van der Waals surface area contributed by atoms with E-state index in [0.29, 0.717) is 23.3 Å². The number of allylic oxidation sites excluding steroid dienone is 4. The number of nitrogens with zero attached hydrogens (tertiary/aromatic N) is 2. The van der Waals surface area contributed by atoms with E-state index in [4.69, 9.17) is 23.9 Å². The topological polar surface area (TPSA) is 17.3 Å². The SMILES string of the molecule is C[C@@H]1C[C@@H]2C(c3cccc4ccccc34)=CC=C[C@@H]2C1[Si](C)(C)N1c2ccccc2[N-]c2ccccc21.[CH3-].[Cl][Ti][Cl]. The van der Waals surface area contributed by atoms with Crippen LogP contribution in [0.3, 0.4) is 0 Å². The Kier molecular flexibility index (Phi) is 9.23. The van der Waals surface area contributed by atoms with Gasteiger partial charge in [0.2, 0.25) is 0 Å². The fourth-order valence-corrected chi connectivity index (χ4v) is 12.5. The molecule has 2 aliphatic carbocycles. The minimum absolute atomic E-state index is 0. The maximum absolute atomic E-state index is 5.04. The van der Waals surface area contributed by atoms with Crippen LogP contribution in [0.25, 0.3) is 21.7 Å². The van der Waals surface area contributed by atoms with E-state index in [1.54, 1.807) is 0 Å². The molecule has 1 heterocycles. The zero-order valence-electron chi connectivity index (χ0n) is 24.1. The third-order valence-electron chi connectivity index (χ3n) is 9.11. The number of fused-ring (bicyclic) bond motifs is 4. The van der Waals surface area contributed by atoms with Crippen molar-refractivity contribution in [2.45, 2.75) is 32.0 Å². The molecule has 1 fully saturated rings. The summed E-state index contributed by atoms with van der Waals surface area (Å²) >= 11 is -0.556. The molecule has 0 N–H and O–H groups in total. The van der Waals surface area contributed by atoms with E-state index < -0.39 is 25.3 Å². The van der Waals surface area contributed by atoms with Gasteiger partial charge < -0.3 is 17.3 Å². The molecule has 0 spiro atoms. The molecule has 0 radical (unpaired) electrons. The summed E-state index contributed by atoms with van der Waals surface area (Å²) in [6.07, 6.45) is 8.53. The second-order valence-electron chi connectivity index (χ2n) is 11.6. The second-order valence-corrected chi connectivity index (χ2v) is 18.6. The van der Waals surface area contributed by atoms with Gasteiger partial charge in [0.15, 0.2) is 8.24 Å². The van der Waals surface area contributed by atoms with Crippen LogP contribution in [0.4, 0.5) is 22.7 Å². The van der Waals surface area contributed by atoms with Crippen molar-refractivity contribution in [3.8, 4) is 0 Å². The van der Waals surface area contributed by atoms with Crippen molar-refractivity contribution in [2.75, 3.05) is 4.57 Å². The number of anilines is 2. The summed E-state index contributed by atoms with van der Waals surface area (Å²) in [4.78, 5) is 0. The van der Waals surface area contributed by atoms with Crippen molar-refractivity contribution in [2.24, 2.45) is 17.8 Å². The van der Waals surface area contributed by atoms with Gasteiger partial charge in [-0.1, -0.05) is 117 Å². The van der Waals surface area contributed by atoms with Crippen LogP contribution < -0.4 is 4.57 Å². The predicted octanol–water partition coefficient (Wildman–Crippen LogP) is 12.0. The summed E-state index contributed by atoms with van der Waals surface area (Å²) in [6, 6.07) is 33.1.